The molecule has 3 aromatic rings. The fourth-order valence-electron chi connectivity index (χ4n) is 2.64. The highest BCUT2D eigenvalue weighted by Gasteiger charge is 2.22. The van der Waals surface area contributed by atoms with Crippen LogP contribution >= 0.6 is 0 Å². The van der Waals surface area contributed by atoms with Gasteiger partial charge < -0.3 is 14.5 Å². The van der Waals surface area contributed by atoms with E-state index in [0.29, 0.717) is 17.0 Å². The van der Waals surface area contributed by atoms with Gasteiger partial charge in [0.1, 0.15) is 24.3 Å². The Hall–Kier alpha value is -3.86. The summed E-state index contributed by atoms with van der Waals surface area (Å²) < 4.78 is 11.9. The molecule has 1 aromatic carbocycles. The van der Waals surface area contributed by atoms with Crippen molar-refractivity contribution in [1.29, 1.82) is 5.26 Å². The molecular weight excluding hydrogens is 360 g/mol. The maximum atomic E-state index is 12.3. The Kier molecular flexibility index (Phi) is 5.56. The molecule has 1 N–H and O–H groups in total. The second kappa shape index (κ2) is 8.22. The average molecular weight is 378 g/mol. The van der Waals surface area contributed by atoms with Gasteiger partial charge in [-0.2, -0.15) is 10.4 Å². The molecule has 0 aliphatic heterocycles. The topological polar surface area (TPSA) is 110 Å². The number of nitrogens with one attached hydrogen (secondary N) is 1. The molecular formula is C20H18N4O4. The smallest absolute Gasteiger partial charge is 0.328 e. The SMILES string of the molecule is Cc1nn(-c2ccccc2)c(COC(=O)[C@@H](C)NC(=O)c2ccco2)c1C#N. The number of hydrogen-bond acceptors (Lipinski definition) is 6. The Bertz CT molecular complexity index is 1020. The first-order valence-corrected chi connectivity index (χ1v) is 8.56. The number of carbonyl (C=O) groups is 2. The van der Waals surface area contributed by atoms with Crippen molar-refractivity contribution in [3.8, 4) is 11.8 Å². The summed E-state index contributed by atoms with van der Waals surface area (Å²) in [5.41, 5.74) is 2.10. The molecule has 0 aliphatic carbocycles. The van der Waals surface area contributed by atoms with Crippen LogP contribution < -0.4 is 5.32 Å². The van der Waals surface area contributed by atoms with Gasteiger partial charge in [0, 0.05) is 0 Å². The highest BCUT2D eigenvalue weighted by atomic mass is 16.5. The third-order valence-electron chi connectivity index (χ3n) is 4.07. The van der Waals surface area contributed by atoms with Gasteiger partial charge in [0.15, 0.2) is 5.76 Å². The first-order valence-electron chi connectivity index (χ1n) is 8.56. The van der Waals surface area contributed by atoms with Crippen LogP contribution in [0.3, 0.4) is 0 Å². The van der Waals surface area contributed by atoms with E-state index in [1.54, 1.807) is 17.7 Å². The van der Waals surface area contributed by atoms with Crippen LogP contribution in [0.15, 0.2) is 53.1 Å². The van der Waals surface area contributed by atoms with Crippen molar-refractivity contribution in [1.82, 2.24) is 15.1 Å². The molecule has 0 saturated heterocycles. The molecule has 0 aliphatic rings. The number of aromatic nitrogens is 2. The zero-order valence-electron chi connectivity index (χ0n) is 15.4. The predicted molar refractivity (Wildman–Crippen MR) is 98.4 cm³/mol. The van der Waals surface area contributed by atoms with Crippen molar-refractivity contribution in [3.05, 3.63) is 71.4 Å². The number of ether oxygens (including phenoxy) is 1. The molecule has 8 heteroatoms. The number of furan rings is 1. The Morgan fingerprint density at radius 1 is 1.29 bits per heavy atom. The number of nitriles is 1. The lowest BCUT2D eigenvalue weighted by Gasteiger charge is -2.13. The molecule has 8 nitrogen and oxygen atoms in total. The summed E-state index contributed by atoms with van der Waals surface area (Å²) in [5, 5.41) is 16.3. The van der Waals surface area contributed by atoms with E-state index in [1.807, 2.05) is 30.3 Å². The fraction of sp³-hybridized carbons (Fsp3) is 0.200. The number of para-hydroxylation sites is 1. The number of nitrogens with zero attached hydrogens (tertiary/aromatic N) is 3. The molecule has 28 heavy (non-hydrogen) atoms. The molecule has 0 unspecified atom stereocenters. The minimum absolute atomic E-state index is 0.101. The van der Waals surface area contributed by atoms with Crippen LogP contribution in [0.5, 0.6) is 0 Å². The summed E-state index contributed by atoms with van der Waals surface area (Å²) in [6.07, 6.45) is 1.37. The first kappa shape index (κ1) is 18.9. The van der Waals surface area contributed by atoms with E-state index in [0.717, 1.165) is 5.69 Å². The summed E-state index contributed by atoms with van der Waals surface area (Å²) in [6.45, 7) is 3.07. The molecule has 0 bridgehead atoms. The molecule has 0 saturated carbocycles. The van der Waals surface area contributed by atoms with Gasteiger partial charge in [-0.25, -0.2) is 9.48 Å². The van der Waals surface area contributed by atoms with E-state index in [1.165, 1.54) is 19.3 Å². The van der Waals surface area contributed by atoms with Crippen LogP contribution in [0.25, 0.3) is 5.69 Å². The van der Waals surface area contributed by atoms with Crippen molar-refractivity contribution in [2.45, 2.75) is 26.5 Å². The average Bonchev–Trinajstić information content (AvgIpc) is 3.34. The standard InChI is InChI=1S/C20H18N4O4/c1-13-16(11-21)17(24(23-13)15-7-4-3-5-8-15)12-28-20(26)14(2)22-19(25)18-9-6-10-27-18/h3-10,14H,12H2,1-2H3,(H,22,25)/t14-/m1/s1. The summed E-state index contributed by atoms with van der Waals surface area (Å²) in [6, 6.07) is 13.5. The van der Waals surface area contributed by atoms with Crippen LogP contribution in [-0.2, 0) is 16.1 Å². The predicted octanol–water partition coefficient (Wildman–Crippen LogP) is 2.51. The maximum Gasteiger partial charge on any atom is 0.328 e. The van der Waals surface area contributed by atoms with Crippen molar-refractivity contribution in [3.63, 3.8) is 0 Å². The van der Waals surface area contributed by atoms with Gasteiger partial charge in [-0.05, 0) is 38.1 Å². The molecule has 0 radical (unpaired) electrons. The van der Waals surface area contributed by atoms with E-state index >= 15 is 0 Å². The highest BCUT2D eigenvalue weighted by Crippen LogP contribution is 2.19. The molecule has 142 valence electrons. The molecule has 2 heterocycles. The second-order valence-corrected chi connectivity index (χ2v) is 6.05. The van der Waals surface area contributed by atoms with Crippen LogP contribution in [0.4, 0.5) is 0 Å². The molecule has 3 rings (SSSR count). The van der Waals surface area contributed by atoms with Gasteiger partial charge in [-0.15, -0.1) is 0 Å². The number of esters is 1. The third-order valence-corrected chi connectivity index (χ3v) is 4.07. The number of hydrogen-bond donors (Lipinski definition) is 1. The normalized spacial score (nSPS) is 11.5. The zero-order chi connectivity index (χ0) is 20.1. The summed E-state index contributed by atoms with van der Waals surface area (Å²) >= 11 is 0. The Morgan fingerprint density at radius 2 is 2.04 bits per heavy atom. The van der Waals surface area contributed by atoms with Crippen molar-refractivity contribution < 1.29 is 18.7 Å². The zero-order valence-corrected chi connectivity index (χ0v) is 15.4. The summed E-state index contributed by atoms with van der Waals surface area (Å²) in [5.74, 6) is -1.05. The number of carbonyl (C=O) groups excluding carboxylic acids is 2. The monoisotopic (exact) mass is 378 g/mol. The van der Waals surface area contributed by atoms with Gasteiger partial charge in [0.2, 0.25) is 0 Å². The van der Waals surface area contributed by atoms with Crippen LogP contribution in [0.2, 0.25) is 0 Å². The minimum atomic E-state index is -0.891. The van der Waals surface area contributed by atoms with Gasteiger partial charge >= 0.3 is 5.97 Å². The molecule has 1 atom stereocenters. The van der Waals surface area contributed by atoms with Crippen LogP contribution in [0.1, 0.15) is 34.4 Å². The lowest BCUT2D eigenvalue weighted by atomic mass is 10.2. The van der Waals surface area contributed by atoms with E-state index in [2.05, 4.69) is 16.5 Å². The number of aryl methyl sites for hydroxylation is 1. The van der Waals surface area contributed by atoms with Crippen LogP contribution in [-0.4, -0.2) is 27.7 Å². The number of rotatable bonds is 6. The lowest BCUT2D eigenvalue weighted by molar-refractivity contribution is -0.146. The fourth-order valence-corrected chi connectivity index (χ4v) is 2.64. The van der Waals surface area contributed by atoms with E-state index in [-0.39, 0.29) is 12.4 Å². The van der Waals surface area contributed by atoms with Gasteiger partial charge in [0.05, 0.1) is 23.3 Å². The van der Waals surface area contributed by atoms with Crippen molar-refractivity contribution >= 4 is 11.9 Å². The highest BCUT2D eigenvalue weighted by molar-refractivity contribution is 5.94. The second-order valence-electron chi connectivity index (χ2n) is 6.05. The van der Waals surface area contributed by atoms with E-state index in [4.69, 9.17) is 9.15 Å². The van der Waals surface area contributed by atoms with Gasteiger partial charge in [-0.3, -0.25) is 4.79 Å². The van der Waals surface area contributed by atoms with Crippen molar-refractivity contribution in [2.75, 3.05) is 0 Å². The number of benzene rings is 1. The first-order chi connectivity index (χ1) is 13.5. The number of amides is 1. The van der Waals surface area contributed by atoms with E-state index < -0.39 is 17.9 Å². The molecule has 0 spiro atoms. The van der Waals surface area contributed by atoms with E-state index in [9.17, 15) is 14.9 Å². The maximum absolute atomic E-state index is 12.3. The van der Waals surface area contributed by atoms with Crippen LogP contribution in [0, 0.1) is 18.3 Å². The minimum Gasteiger partial charge on any atom is -0.459 e. The molecule has 2 aromatic heterocycles. The summed E-state index contributed by atoms with van der Waals surface area (Å²) in [7, 11) is 0. The Morgan fingerprint density at radius 3 is 2.68 bits per heavy atom. The third kappa shape index (κ3) is 3.94. The Balaban J connectivity index is 1.72. The van der Waals surface area contributed by atoms with Gasteiger partial charge in [-0.1, -0.05) is 18.2 Å². The Labute approximate surface area is 161 Å². The lowest BCUT2D eigenvalue weighted by Crippen LogP contribution is -2.39. The quantitative estimate of drug-likeness (QED) is 0.660. The summed E-state index contributed by atoms with van der Waals surface area (Å²) in [4.78, 5) is 24.3. The largest absolute Gasteiger partial charge is 0.459 e. The van der Waals surface area contributed by atoms with Gasteiger partial charge in [0.25, 0.3) is 5.91 Å². The molecule has 0 fully saturated rings. The van der Waals surface area contributed by atoms with Crippen molar-refractivity contribution in [2.24, 2.45) is 0 Å². The molecule has 1 amide bonds.